The number of H-pyrrole nitrogens is 1. The molecule has 0 spiro atoms. The summed E-state index contributed by atoms with van der Waals surface area (Å²) in [5, 5.41) is 1.27. The zero-order valence-electron chi connectivity index (χ0n) is 12.4. The number of aromatic nitrogens is 1. The van der Waals surface area contributed by atoms with E-state index in [1.807, 2.05) is 12.1 Å². The van der Waals surface area contributed by atoms with E-state index in [2.05, 4.69) is 26.9 Å². The number of aromatic amines is 1. The van der Waals surface area contributed by atoms with Crippen molar-refractivity contribution in [2.75, 3.05) is 43.1 Å². The molecule has 3 rings (SSSR count). The summed E-state index contributed by atoms with van der Waals surface area (Å²) in [4.78, 5) is 7.78. The summed E-state index contributed by atoms with van der Waals surface area (Å²) in [6.07, 6.45) is 1.76. The molecule has 1 aromatic heterocycles. The van der Waals surface area contributed by atoms with Crippen molar-refractivity contribution in [1.82, 2.24) is 0 Å². The van der Waals surface area contributed by atoms with E-state index in [-0.39, 0.29) is 0 Å². The monoisotopic (exact) mass is 338 g/mol. The predicted octanol–water partition coefficient (Wildman–Crippen LogP) is 3.14. The van der Waals surface area contributed by atoms with E-state index in [9.17, 15) is 0 Å². The second-order valence-electron chi connectivity index (χ2n) is 5.19. The molecule has 116 valence electrons. The van der Waals surface area contributed by atoms with Gasteiger partial charge in [0.25, 0.3) is 5.82 Å². The molecule has 4 nitrogen and oxygen atoms in total. The van der Waals surface area contributed by atoms with Gasteiger partial charge in [-0.1, -0.05) is 23.2 Å². The van der Waals surface area contributed by atoms with Gasteiger partial charge in [0, 0.05) is 5.69 Å². The largest absolute Gasteiger partial charge is 0.497 e. The molecule has 2 aromatic rings. The van der Waals surface area contributed by atoms with Gasteiger partial charge in [-0.25, -0.2) is 4.98 Å². The number of hydrogen-bond donors (Lipinski definition) is 0. The molecule has 0 saturated carbocycles. The van der Waals surface area contributed by atoms with Crippen LogP contribution in [-0.4, -0.2) is 33.3 Å². The molecule has 1 saturated heterocycles. The molecule has 6 heteroatoms. The minimum Gasteiger partial charge on any atom is -0.497 e. The third-order valence-corrected chi connectivity index (χ3v) is 4.38. The van der Waals surface area contributed by atoms with Gasteiger partial charge in [-0.15, -0.1) is 0 Å². The number of anilines is 2. The van der Waals surface area contributed by atoms with Crippen LogP contribution in [0.25, 0.3) is 0 Å². The van der Waals surface area contributed by atoms with Crippen LogP contribution in [0.1, 0.15) is 0 Å². The normalized spacial score (nSPS) is 15.0. The maximum atomic E-state index is 6.26. The number of hydrogen-bond acceptors (Lipinski definition) is 3. The van der Waals surface area contributed by atoms with E-state index >= 15 is 0 Å². The lowest BCUT2D eigenvalue weighted by Gasteiger charge is -2.32. The SMILES string of the molecule is COc1ccc(N2CCN(c3[nH+]cc(Cl)cc3Cl)CC2)cc1. The van der Waals surface area contributed by atoms with Gasteiger partial charge in [0.1, 0.15) is 30.1 Å². The lowest BCUT2D eigenvalue weighted by molar-refractivity contribution is -0.363. The molecular weight excluding hydrogens is 321 g/mol. The quantitative estimate of drug-likeness (QED) is 0.861. The first-order chi connectivity index (χ1) is 10.7. The van der Waals surface area contributed by atoms with E-state index in [4.69, 9.17) is 27.9 Å². The number of rotatable bonds is 3. The number of pyridine rings is 1. The standard InChI is InChI=1S/C16H17Cl2N3O/c1-22-14-4-2-13(3-5-14)20-6-8-21(9-7-20)16-15(18)10-12(17)11-19-16/h2-5,10-11H,6-9H2,1H3/p+1. The van der Waals surface area contributed by atoms with Crippen molar-refractivity contribution in [2.45, 2.75) is 0 Å². The summed E-state index contributed by atoms with van der Waals surface area (Å²) in [7, 11) is 1.68. The summed E-state index contributed by atoms with van der Waals surface area (Å²) in [5.41, 5.74) is 1.21. The second kappa shape index (κ2) is 6.63. The Morgan fingerprint density at radius 1 is 1.00 bits per heavy atom. The number of halogens is 2. The fourth-order valence-electron chi connectivity index (χ4n) is 2.66. The Hall–Kier alpha value is -1.65. The van der Waals surface area contributed by atoms with Crippen molar-refractivity contribution in [3.8, 4) is 5.75 Å². The average molecular weight is 339 g/mol. The van der Waals surface area contributed by atoms with Crippen LogP contribution in [0.3, 0.4) is 0 Å². The average Bonchev–Trinajstić information content (AvgIpc) is 2.55. The van der Waals surface area contributed by atoms with E-state index in [1.54, 1.807) is 19.4 Å². The molecule has 1 N–H and O–H groups in total. The zero-order valence-corrected chi connectivity index (χ0v) is 13.9. The van der Waals surface area contributed by atoms with Crippen molar-refractivity contribution < 1.29 is 9.72 Å². The number of piperazine rings is 1. The Balaban J connectivity index is 1.66. The molecule has 1 aromatic carbocycles. The van der Waals surface area contributed by atoms with Crippen LogP contribution in [-0.2, 0) is 0 Å². The first kappa shape index (κ1) is 15.3. The molecule has 22 heavy (non-hydrogen) atoms. The highest BCUT2D eigenvalue weighted by atomic mass is 35.5. The first-order valence-corrected chi connectivity index (χ1v) is 7.93. The third kappa shape index (κ3) is 3.23. The van der Waals surface area contributed by atoms with Gasteiger partial charge in [-0.2, -0.15) is 0 Å². The molecule has 0 bridgehead atoms. The summed E-state index contributed by atoms with van der Waals surface area (Å²) in [6, 6.07) is 9.94. The lowest BCUT2D eigenvalue weighted by Crippen LogP contribution is -2.48. The summed E-state index contributed by atoms with van der Waals surface area (Å²) >= 11 is 12.2. The van der Waals surface area contributed by atoms with Gasteiger partial charge in [0.15, 0.2) is 0 Å². The van der Waals surface area contributed by atoms with Crippen LogP contribution in [0.5, 0.6) is 5.75 Å². The van der Waals surface area contributed by atoms with E-state index in [0.717, 1.165) is 37.7 Å². The maximum Gasteiger partial charge on any atom is 0.293 e. The summed E-state index contributed by atoms with van der Waals surface area (Å²) < 4.78 is 5.20. The zero-order chi connectivity index (χ0) is 15.5. The van der Waals surface area contributed by atoms with Gasteiger partial charge in [0.05, 0.1) is 25.2 Å². The van der Waals surface area contributed by atoms with Crippen molar-refractivity contribution in [3.63, 3.8) is 0 Å². The Morgan fingerprint density at radius 2 is 1.64 bits per heavy atom. The smallest absolute Gasteiger partial charge is 0.293 e. The second-order valence-corrected chi connectivity index (χ2v) is 6.03. The number of ether oxygens (including phenoxy) is 1. The van der Waals surface area contributed by atoms with Crippen molar-refractivity contribution in [3.05, 3.63) is 46.6 Å². The van der Waals surface area contributed by atoms with E-state index in [1.165, 1.54) is 5.69 Å². The third-order valence-electron chi connectivity index (χ3n) is 3.87. The van der Waals surface area contributed by atoms with E-state index in [0.29, 0.717) is 10.0 Å². The van der Waals surface area contributed by atoms with Crippen molar-refractivity contribution in [2.24, 2.45) is 0 Å². The molecule has 2 heterocycles. The predicted molar refractivity (Wildman–Crippen MR) is 90.4 cm³/mol. The summed E-state index contributed by atoms with van der Waals surface area (Å²) in [5.74, 6) is 1.81. The van der Waals surface area contributed by atoms with Gasteiger partial charge in [0.2, 0.25) is 0 Å². The molecule has 0 atom stereocenters. The van der Waals surface area contributed by atoms with Gasteiger partial charge in [-0.05, 0) is 30.3 Å². The minimum atomic E-state index is 0.616. The molecule has 0 unspecified atom stereocenters. The fraction of sp³-hybridized carbons (Fsp3) is 0.312. The Labute approximate surface area is 140 Å². The van der Waals surface area contributed by atoms with Crippen LogP contribution in [0.4, 0.5) is 11.5 Å². The molecule has 1 aliphatic rings. The minimum absolute atomic E-state index is 0.616. The maximum absolute atomic E-state index is 6.26. The molecule has 1 fully saturated rings. The van der Waals surface area contributed by atoms with Crippen LogP contribution >= 0.6 is 23.2 Å². The van der Waals surface area contributed by atoms with Gasteiger partial charge >= 0.3 is 0 Å². The van der Waals surface area contributed by atoms with Crippen LogP contribution in [0.2, 0.25) is 10.0 Å². The highest BCUT2D eigenvalue weighted by Crippen LogP contribution is 2.26. The number of methoxy groups -OCH3 is 1. The Morgan fingerprint density at radius 3 is 2.23 bits per heavy atom. The van der Waals surface area contributed by atoms with Gasteiger partial charge < -0.3 is 9.64 Å². The van der Waals surface area contributed by atoms with Crippen LogP contribution in [0, 0.1) is 0 Å². The Bertz CT molecular complexity index is 640. The molecular formula is C16H18Cl2N3O+. The topological polar surface area (TPSA) is 29.9 Å². The molecule has 1 aliphatic heterocycles. The number of nitrogens with one attached hydrogen (secondary N) is 1. The molecule has 0 amide bonds. The van der Waals surface area contributed by atoms with Gasteiger partial charge in [-0.3, -0.25) is 4.90 Å². The lowest BCUT2D eigenvalue weighted by atomic mass is 10.2. The number of benzene rings is 1. The van der Waals surface area contributed by atoms with Crippen LogP contribution in [0.15, 0.2) is 36.5 Å². The molecule has 0 radical (unpaired) electrons. The van der Waals surface area contributed by atoms with E-state index < -0.39 is 0 Å². The summed E-state index contributed by atoms with van der Waals surface area (Å²) in [6.45, 7) is 3.70. The van der Waals surface area contributed by atoms with Crippen LogP contribution < -0.4 is 19.5 Å². The van der Waals surface area contributed by atoms with Crippen molar-refractivity contribution in [1.29, 1.82) is 0 Å². The Kier molecular flexibility index (Phi) is 4.60. The highest BCUT2D eigenvalue weighted by molar-refractivity contribution is 6.35. The molecule has 0 aliphatic carbocycles. The first-order valence-electron chi connectivity index (χ1n) is 7.18. The highest BCUT2D eigenvalue weighted by Gasteiger charge is 2.25. The number of nitrogens with zero attached hydrogens (tertiary/aromatic N) is 2. The van der Waals surface area contributed by atoms with Crippen molar-refractivity contribution >= 4 is 34.7 Å². The fourth-order valence-corrected chi connectivity index (χ4v) is 3.17.